The van der Waals surface area contributed by atoms with Gasteiger partial charge in [-0.2, -0.15) is 17.6 Å². The molecule has 1 rings (SSSR count). The van der Waals surface area contributed by atoms with Crippen molar-refractivity contribution in [2.24, 2.45) is 0 Å². The maximum absolute atomic E-state index is 13.3. The highest BCUT2D eigenvalue weighted by molar-refractivity contribution is 9.10. The second-order valence-corrected chi connectivity index (χ2v) is 4.47. The zero-order valence-electron chi connectivity index (χ0n) is 7.22. The molecule has 1 aromatic rings. The minimum Gasteiger partial charge on any atom is -0.258 e. The molecule has 0 aliphatic carbocycles. The second kappa shape index (κ2) is 4.58. The molecule has 0 aromatic heterocycles. The van der Waals surface area contributed by atoms with Crippen LogP contribution >= 0.6 is 27.7 Å². The summed E-state index contributed by atoms with van der Waals surface area (Å²) in [6.45, 7) is 0. The van der Waals surface area contributed by atoms with Gasteiger partial charge in [0.05, 0.1) is 14.3 Å². The van der Waals surface area contributed by atoms with E-state index in [9.17, 15) is 27.7 Å². The Morgan fingerprint density at radius 1 is 1.38 bits per heavy atom. The minimum absolute atomic E-state index is 0.207. The van der Waals surface area contributed by atoms with Gasteiger partial charge in [0.2, 0.25) is 5.82 Å². The zero-order valence-corrected chi connectivity index (χ0v) is 9.62. The van der Waals surface area contributed by atoms with E-state index in [0.29, 0.717) is 0 Å². The molecule has 0 saturated carbocycles. The molecule has 16 heavy (non-hydrogen) atoms. The summed E-state index contributed by atoms with van der Waals surface area (Å²) >= 11 is 1.96. The summed E-state index contributed by atoms with van der Waals surface area (Å²) < 4.78 is 49.0. The van der Waals surface area contributed by atoms with Crippen LogP contribution in [0, 0.1) is 15.9 Å². The summed E-state index contributed by atoms with van der Waals surface area (Å²) in [5, 5.41) is 10.4. The van der Waals surface area contributed by atoms with E-state index in [-0.39, 0.29) is 4.47 Å². The Balaban J connectivity index is 3.24. The molecular weight excluding hydrogens is 318 g/mol. The van der Waals surface area contributed by atoms with Gasteiger partial charge in [0, 0.05) is 0 Å². The molecule has 3 nitrogen and oxygen atoms in total. The number of thioether (sulfide) groups is 1. The molecule has 0 heterocycles. The van der Waals surface area contributed by atoms with Crippen LogP contribution < -0.4 is 0 Å². The number of hydrogen-bond donors (Lipinski definition) is 0. The summed E-state index contributed by atoms with van der Waals surface area (Å²) in [6, 6.07) is 1.82. The van der Waals surface area contributed by atoms with Gasteiger partial charge in [-0.3, -0.25) is 10.1 Å². The van der Waals surface area contributed by atoms with Gasteiger partial charge in [0.15, 0.2) is 0 Å². The van der Waals surface area contributed by atoms with Crippen molar-refractivity contribution in [2.45, 2.75) is 10.4 Å². The van der Waals surface area contributed by atoms with E-state index in [4.69, 9.17) is 0 Å². The molecule has 1 aromatic carbocycles. The van der Waals surface area contributed by atoms with E-state index in [1.165, 1.54) is 0 Å². The summed E-state index contributed by atoms with van der Waals surface area (Å²) in [7, 11) is 0. The van der Waals surface area contributed by atoms with Gasteiger partial charge in [0.25, 0.3) is 0 Å². The maximum Gasteiger partial charge on any atom is 0.446 e. The first kappa shape index (κ1) is 13.2. The lowest BCUT2D eigenvalue weighted by atomic mass is 10.3. The van der Waals surface area contributed by atoms with Gasteiger partial charge in [0.1, 0.15) is 0 Å². The van der Waals surface area contributed by atoms with E-state index in [2.05, 4.69) is 15.9 Å². The number of nitro benzene ring substituents is 1. The molecular formula is C7H2BrF4NO2S. The Bertz CT molecular complexity index is 437. The first-order valence-electron chi connectivity index (χ1n) is 3.60. The Labute approximate surface area is 99.1 Å². The SMILES string of the molecule is O=[N+]([O-])c1c(Br)ccc(SC(F)(F)F)c1F. The van der Waals surface area contributed by atoms with Crippen LogP contribution in [0.25, 0.3) is 0 Å². The van der Waals surface area contributed by atoms with Crippen molar-refractivity contribution >= 4 is 33.4 Å². The topological polar surface area (TPSA) is 43.1 Å². The Hall–Kier alpha value is -0.830. The predicted octanol–water partition coefficient (Wildman–Crippen LogP) is 4.11. The highest BCUT2D eigenvalue weighted by atomic mass is 79.9. The average Bonchev–Trinajstić information content (AvgIpc) is 2.07. The smallest absolute Gasteiger partial charge is 0.258 e. The monoisotopic (exact) mass is 319 g/mol. The molecule has 0 amide bonds. The summed E-state index contributed by atoms with van der Waals surface area (Å²) in [6.07, 6.45) is 0. The van der Waals surface area contributed by atoms with Gasteiger partial charge in [-0.15, -0.1) is 0 Å². The third-order valence-corrected chi connectivity index (χ3v) is 2.85. The highest BCUT2D eigenvalue weighted by Gasteiger charge is 2.33. The van der Waals surface area contributed by atoms with Crippen molar-refractivity contribution < 1.29 is 22.5 Å². The summed E-state index contributed by atoms with van der Waals surface area (Å²) in [5.74, 6) is -1.50. The van der Waals surface area contributed by atoms with Crippen molar-refractivity contribution in [2.75, 3.05) is 0 Å². The van der Waals surface area contributed by atoms with Crippen molar-refractivity contribution in [3.63, 3.8) is 0 Å². The third-order valence-electron chi connectivity index (χ3n) is 1.44. The van der Waals surface area contributed by atoms with Crippen LogP contribution in [0.3, 0.4) is 0 Å². The first-order valence-corrected chi connectivity index (χ1v) is 5.21. The van der Waals surface area contributed by atoms with E-state index in [0.717, 1.165) is 12.1 Å². The molecule has 0 N–H and O–H groups in total. The van der Waals surface area contributed by atoms with E-state index in [1.807, 2.05) is 0 Å². The molecule has 0 bridgehead atoms. The lowest BCUT2D eigenvalue weighted by molar-refractivity contribution is -0.388. The lowest BCUT2D eigenvalue weighted by Gasteiger charge is -2.07. The Morgan fingerprint density at radius 2 is 1.94 bits per heavy atom. The zero-order chi connectivity index (χ0) is 12.5. The van der Waals surface area contributed by atoms with Crippen molar-refractivity contribution in [3.8, 4) is 0 Å². The van der Waals surface area contributed by atoms with Crippen LogP contribution in [0.5, 0.6) is 0 Å². The second-order valence-electron chi connectivity index (χ2n) is 2.51. The summed E-state index contributed by atoms with van der Waals surface area (Å²) in [5.41, 5.74) is -5.70. The number of alkyl halides is 3. The lowest BCUT2D eigenvalue weighted by Crippen LogP contribution is -2.02. The number of halogens is 5. The molecule has 0 radical (unpaired) electrons. The largest absolute Gasteiger partial charge is 0.446 e. The van der Waals surface area contributed by atoms with Gasteiger partial charge >= 0.3 is 11.2 Å². The van der Waals surface area contributed by atoms with Crippen molar-refractivity contribution in [3.05, 3.63) is 32.5 Å². The fourth-order valence-electron chi connectivity index (χ4n) is 0.893. The van der Waals surface area contributed by atoms with Gasteiger partial charge in [-0.1, -0.05) is 0 Å². The minimum atomic E-state index is -4.69. The number of nitro groups is 1. The van der Waals surface area contributed by atoms with E-state index in [1.54, 1.807) is 0 Å². The fourth-order valence-corrected chi connectivity index (χ4v) is 1.92. The Morgan fingerprint density at radius 3 is 2.38 bits per heavy atom. The molecule has 0 aliphatic rings. The molecule has 0 unspecified atom stereocenters. The molecule has 0 saturated heterocycles. The number of nitrogens with zero attached hydrogens (tertiary/aromatic N) is 1. The molecule has 9 heteroatoms. The highest BCUT2D eigenvalue weighted by Crippen LogP contribution is 2.41. The molecule has 0 aliphatic heterocycles. The Kier molecular flexibility index (Phi) is 3.79. The van der Waals surface area contributed by atoms with Crippen LogP contribution in [-0.4, -0.2) is 10.4 Å². The standard InChI is InChI=1S/C7H2BrF4NO2S/c8-3-1-2-4(16-7(10,11)12)5(9)6(3)13(14)15/h1-2H. The molecule has 0 atom stereocenters. The van der Waals surface area contributed by atoms with Crippen LogP contribution in [0.1, 0.15) is 0 Å². The number of rotatable bonds is 2. The normalized spacial score (nSPS) is 11.6. The van der Waals surface area contributed by atoms with Crippen LogP contribution in [0.2, 0.25) is 0 Å². The van der Waals surface area contributed by atoms with Gasteiger partial charge in [-0.25, -0.2) is 0 Å². The number of benzene rings is 1. The van der Waals surface area contributed by atoms with Crippen molar-refractivity contribution in [1.29, 1.82) is 0 Å². The molecule has 0 fully saturated rings. The van der Waals surface area contributed by atoms with Crippen molar-refractivity contribution in [1.82, 2.24) is 0 Å². The average molecular weight is 320 g/mol. The number of hydrogen-bond acceptors (Lipinski definition) is 3. The first-order chi connectivity index (χ1) is 7.22. The molecule has 88 valence electrons. The van der Waals surface area contributed by atoms with E-state index < -0.39 is 38.6 Å². The fraction of sp³-hybridized carbons (Fsp3) is 0.143. The maximum atomic E-state index is 13.3. The van der Waals surface area contributed by atoms with Gasteiger partial charge < -0.3 is 0 Å². The van der Waals surface area contributed by atoms with Crippen LogP contribution in [0.15, 0.2) is 21.5 Å². The van der Waals surface area contributed by atoms with Crippen LogP contribution in [-0.2, 0) is 0 Å². The van der Waals surface area contributed by atoms with Crippen LogP contribution in [0.4, 0.5) is 23.2 Å². The van der Waals surface area contributed by atoms with Gasteiger partial charge in [-0.05, 0) is 39.8 Å². The predicted molar refractivity (Wildman–Crippen MR) is 52.7 cm³/mol. The molecule has 0 spiro atoms. The summed E-state index contributed by atoms with van der Waals surface area (Å²) in [4.78, 5) is 8.49. The van der Waals surface area contributed by atoms with E-state index >= 15 is 0 Å². The quantitative estimate of drug-likeness (QED) is 0.356. The third kappa shape index (κ3) is 3.08.